The van der Waals surface area contributed by atoms with Crippen LogP contribution in [0.4, 0.5) is 0 Å². The van der Waals surface area contributed by atoms with Gasteiger partial charge < -0.3 is 4.42 Å². The van der Waals surface area contributed by atoms with Gasteiger partial charge in [-0.3, -0.25) is 0 Å². The number of nitrogens with zero attached hydrogens (tertiary/aromatic N) is 3. The van der Waals surface area contributed by atoms with Crippen LogP contribution < -0.4 is 0 Å². The molecule has 0 bridgehead atoms. The van der Waals surface area contributed by atoms with Gasteiger partial charge in [0.15, 0.2) is 17.5 Å². The van der Waals surface area contributed by atoms with Crippen LogP contribution in [-0.2, 0) is 0 Å². The first kappa shape index (κ1) is 28.6. The average Bonchev–Trinajstić information content (AvgIpc) is 3.76. The molecule has 234 valence electrons. The first-order valence-electron chi connectivity index (χ1n) is 16.6. The van der Waals surface area contributed by atoms with Gasteiger partial charge in [-0.2, -0.15) is 0 Å². The Kier molecular flexibility index (Phi) is 6.64. The van der Waals surface area contributed by atoms with Crippen molar-refractivity contribution in [2.24, 2.45) is 0 Å². The molecule has 3 heterocycles. The van der Waals surface area contributed by atoms with E-state index in [-0.39, 0.29) is 0 Å². The molecular formula is C45H27N3OS. The number of hydrogen-bond donors (Lipinski definition) is 0. The molecule has 10 aromatic rings. The Morgan fingerprint density at radius 2 is 0.920 bits per heavy atom. The van der Waals surface area contributed by atoms with Gasteiger partial charge >= 0.3 is 0 Å². The highest BCUT2D eigenvalue weighted by Gasteiger charge is 2.18. The highest BCUT2D eigenvalue weighted by Crippen LogP contribution is 2.43. The number of furan rings is 1. The topological polar surface area (TPSA) is 51.8 Å². The van der Waals surface area contributed by atoms with Gasteiger partial charge in [-0.1, -0.05) is 127 Å². The molecule has 0 atom stereocenters. The van der Waals surface area contributed by atoms with E-state index in [9.17, 15) is 0 Å². The van der Waals surface area contributed by atoms with Gasteiger partial charge in [0, 0.05) is 47.6 Å². The Bertz CT molecular complexity index is 2860. The summed E-state index contributed by atoms with van der Waals surface area (Å²) in [5.41, 5.74) is 9.02. The molecule has 0 radical (unpaired) electrons. The van der Waals surface area contributed by atoms with Crippen molar-refractivity contribution in [3.05, 3.63) is 164 Å². The van der Waals surface area contributed by atoms with Crippen LogP contribution in [0, 0.1) is 0 Å². The third kappa shape index (κ3) is 4.87. The molecule has 0 amide bonds. The molecule has 0 spiro atoms. The molecule has 50 heavy (non-hydrogen) atoms. The van der Waals surface area contributed by atoms with E-state index < -0.39 is 0 Å². The van der Waals surface area contributed by atoms with Crippen LogP contribution in [0.2, 0.25) is 0 Å². The monoisotopic (exact) mass is 657 g/mol. The van der Waals surface area contributed by atoms with Crippen molar-refractivity contribution in [3.8, 4) is 56.4 Å². The van der Waals surface area contributed by atoms with Crippen molar-refractivity contribution < 1.29 is 4.42 Å². The second-order valence-corrected chi connectivity index (χ2v) is 13.5. The predicted octanol–water partition coefficient (Wildman–Crippen LogP) is 12.5. The smallest absolute Gasteiger partial charge is 0.164 e. The van der Waals surface area contributed by atoms with E-state index in [0.717, 1.165) is 55.3 Å². The summed E-state index contributed by atoms with van der Waals surface area (Å²) in [4.78, 5) is 15.4. The minimum absolute atomic E-state index is 0.595. The number of thiophene rings is 1. The van der Waals surface area contributed by atoms with Crippen LogP contribution in [-0.4, -0.2) is 15.0 Å². The number of aromatic nitrogens is 3. The van der Waals surface area contributed by atoms with Crippen molar-refractivity contribution in [3.63, 3.8) is 0 Å². The van der Waals surface area contributed by atoms with Crippen molar-refractivity contribution >= 4 is 53.4 Å². The first-order chi connectivity index (χ1) is 24.7. The van der Waals surface area contributed by atoms with Crippen LogP contribution in [0.25, 0.3) is 98.5 Å². The molecule has 0 N–H and O–H groups in total. The van der Waals surface area contributed by atoms with E-state index in [4.69, 9.17) is 19.4 Å². The van der Waals surface area contributed by atoms with E-state index >= 15 is 0 Å². The first-order valence-corrected chi connectivity index (χ1v) is 17.4. The molecule has 4 nitrogen and oxygen atoms in total. The summed E-state index contributed by atoms with van der Waals surface area (Å²) in [6, 6.07) is 56.9. The van der Waals surface area contributed by atoms with Gasteiger partial charge in [-0.05, 0) is 58.7 Å². The summed E-state index contributed by atoms with van der Waals surface area (Å²) in [5, 5.41) is 4.67. The van der Waals surface area contributed by atoms with Crippen molar-refractivity contribution in [1.82, 2.24) is 15.0 Å². The normalized spacial score (nSPS) is 11.6. The molecular weight excluding hydrogens is 631 g/mol. The lowest BCUT2D eigenvalue weighted by atomic mass is 9.97. The Labute approximate surface area is 292 Å². The zero-order valence-corrected chi connectivity index (χ0v) is 27.6. The molecule has 0 saturated carbocycles. The number of fused-ring (bicyclic) bond motifs is 6. The number of benzene rings is 7. The number of hydrogen-bond acceptors (Lipinski definition) is 5. The summed E-state index contributed by atoms with van der Waals surface area (Å²) in [5.74, 6) is 1.84. The molecule has 10 rings (SSSR count). The van der Waals surface area contributed by atoms with Gasteiger partial charge in [0.25, 0.3) is 0 Å². The molecule has 7 aromatic carbocycles. The van der Waals surface area contributed by atoms with Crippen LogP contribution in [0.5, 0.6) is 0 Å². The molecule has 0 fully saturated rings. The van der Waals surface area contributed by atoms with E-state index in [2.05, 4.69) is 133 Å². The quantitative estimate of drug-likeness (QED) is 0.185. The molecule has 0 saturated heterocycles. The summed E-state index contributed by atoms with van der Waals surface area (Å²) < 4.78 is 8.72. The maximum atomic E-state index is 6.27. The van der Waals surface area contributed by atoms with Crippen molar-refractivity contribution in [1.29, 1.82) is 0 Å². The minimum atomic E-state index is 0.595. The number of rotatable bonds is 5. The van der Waals surface area contributed by atoms with Gasteiger partial charge in [0.05, 0.1) is 0 Å². The highest BCUT2D eigenvalue weighted by atomic mass is 32.1. The average molecular weight is 658 g/mol. The second-order valence-electron chi connectivity index (χ2n) is 12.4. The maximum absolute atomic E-state index is 6.27. The molecule has 0 aliphatic carbocycles. The Hall–Kier alpha value is -6.43. The third-order valence-corrected chi connectivity index (χ3v) is 10.5. The van der Waals surface area contributed by atoms with Gasteiger partial charge in [-0.25, -0.2) is 15.0 Å². The highest BCUT2D eigenvalue weighted by molar-refractivity contribution is 7.26. The lowest BCUT2D eigenvalue weighted by molar-refractivity contribution is 0.669. The second kappa shape index (κ2) is 11.6. The predicted molar refractivity (Wildman–Crippen MR) is 207 cm³/mol. The van der Waals surface area contributed by atoms with Crippen LogP contribution in [0.1, 0.15) is 0 Å². The van der Waals surface area contributed by atoms with Gasteiger partial charge in [-0.15, -0.1) is 11.3 Å². The number of para-hydroxylation sites is 1. The van der Waals surface area contributed by atoms with Crippen LogP contribution >= 0.6 is 11.3 Å². The summed E-state index contributed by atoms with van der Waals surface area (Å²) in [7, 11) is 0. The maximum Gasteiger partial charge on any atom is 0.164 e. The Morgan fingerprint density at radius 1 is 0.360 bits per heavy atom. The molecule has 5 heteroatoms. The summed E-state index contributed by atoms with van der Waals surface area (Å²) in [6.45, 7) is 0. The van der Waals surface area contributed by atoms with Gasteiger partial charge in [0.1, 0.15) is 11.2 Å². The fourth-order valence-corrected chi connectivity index (χ4v) is 8.07. The van der Waals surface area contributed by atoms with E-state index in [1.165, 1.54) is 25.7 Å². The van der Waals surface area contributed by atoms with Crippen molar-refractivity contribution in [2.45, 2.75) is 0 Å². The van der Waals surface area contributed by atoms with Gasteiger partial charge in [0.2, 0.25) is 0 Å². The fourth-order valence-electron chi connectivity index (χ4n) is 6.90. The lowest BCUT2D eigenvalue weighted by Gasteiger charge is -2.11. The SMILES string of the molecule is c1ccc(-c2ccc(-c3nc(-c4ccc5c(c4)oc4ccccc45)nc(-c4cc(-c5ccccc5)c5c(c4)sc4ccccc45)n3)cc2)cc1. The van der Waals surface area contributed by atoms with E-state index in [0.29, 0.717) is 17.5 Å². The molecule has 0 aliphatic rings. The minimum Gasteiger partial charge on any atom is -0.456 e. The van der Waals surface area contributed by atoms with Crippen LogP contribution in [0.15, 0.2) is 168 Å². The molecule has 0 aliphatic heterocycles. The lowest BCUT2D eigenvalue weighted by Crippen LogP contribution is -2.00. The van der Waals surface area contributed by atoms with Crippen LogP contribution in [0.3, 0.4) is 0 Å². The zero-order valence-electron chi connectivity index (χ0n) is 26.7. The van der Waals surface area contributed by atoms with Crippen molar-refractivity contribution in [2.75, 3.05) is 0 Å². The largest absolute Gasteiger partial charge is 0.456 e. The Morgan fingerprint density at radius 3 is 1.70 bits per heavy atom. The third-order valence-electron chi connectivity index (χ3n) is 9.34. The fraction of sp³-hybridized carbons (Fsp3) is 0. The molecule has 0 unspecified atom stereocenters. The zero-order chi connectivity index (χ0) is 33.0. The van der Waals surface area contributed by atoms with E-state index in [1.54, 1.807) is 11.3 Å². The molecule has 3 aromatic heterocycles. The summed E-state index contributed by atoms with van der Waals surface area (Å²) >= 11 is 1.80. The Balaban J connectivity index is 1.19. The standard InChI is InChI=1S/C45H27N3OS/c1-3-11-28(12-4-1)29-19-21-31(22-20-29)43-46-44(32-23-24-35-34-15-7-9-17-38(34)49-39(35)26-32)48-45(47-43)33-25-37(30-13-5-2-6-14-30)42-36-16-8-10-18-40(36)50-41(42)27-33/h1-27H. The summed E-state index contributed by atoms with van der Waals surface area (Å²) in [6.07, 6.45) is 0. The van der Waals surface area contributed by atoms with E-state index in [1.807, 2.05) is 30.3 Å².